The summed E-state index contributed by atoms with van der Waals surface area (Å²) in [6.07, 6.45) is 0. The highest BCUT2D eigenvalue weighted by molar-refractivity contribution is 7.98. The minimum Gasteiger partial charge on any atom is -0.290 e. The summed E-state index contributed by atoms with van der Waals surface area (Å²) < 4.78 is 0. The fourth-order valence-corrected chi connectivity index (χ4v) is 3.03. The van der Waals surface area contributed by atoms with Gasteiger partial charge < -0.3 is 0 Å². The van der Waals surface area contributed by atoms with Gasteiger partial charge in [0, 0.05) is 21.2 Å². The van der Waals surface area contributed by atoms with E-state index in [0.29, 0.717) is 15.6 Å². The van der Waals surface area contributed by atoms with Crippen molar-refractivity contribution in [3.63, 3.8) is 0 Å². The van der Waals surface area contributed by atoms with Crippen LogP contribution in [0.3, 0.4) is 0 Å². The Kier molecular flexibility index (Phi) is 5.31. The number of hydrazine groups is 1. The molecule has 0 aliphatic heterocycles. The molecule has 0 bridgehead atoms. The van der Waals surface area contributed by atoms with Crippen LogP contribution in [0.25, 0.3) is 0 Å². The van der Waals surface area contributed by atoms with E-state index in [1.54, 1.807) is 36.0 Å². The molecule has 6 heteroatoms. The Bertz CT molecular complexity index is 617. The molecular weight excluding hydrogens is 315 g/mol. The third kappa shape index (κ3) is 3.90. The highest BCUT2D eigenvalue weighted by atomic mass is 35.5. The van der Waals surface area contributed by atoms with Crippen molar-refractivity contribution in [3.8, 4) is 0 Å². The van der Waals surface area contributed by atoms with Gasteiger partial charge in [0.15, 0.2) is 0 Å². The number of hydrogen-bond acceptors (Lipinski definition) is 3. The van der Waals surface area contributed by atoms with Crippen LogP contribution < -0.4 is 11.3 Å². The van der Waals surface area contributed by atoms with Crippen LogP contribution in [0.15, 0.2) is 47.4 Å². The minimum atomic E-state index is -0.304. The van der Waals surface area contributed by atoms with Crippen molar-refractivity contribution in [1.82, 2.24) is 5.43 Å². The van der Waals surface area contributed by atoms with Gasteiger partial charge in [0.05, 0.1) is 5.02 Å². The van der Waals surface area contributed by atoms with Crippen LogP contribution in [-0.4, -0.2) is 5.91 Å². The van der Waals surface area contributed by atoms with Crippen LogP contribution in [0, 0.1) is 0 Å². The Morgan fingerprint density at radius 2 is 1.85 bits per heavy atom. The lowest BCUT2D eigenvalue weighted by atomic mass is 10.1. The van der Waals surface area contributed by atoms with Crippen molar-refractivity contribution in [3.05, 3.63) is 63.6 Å². The molecule has 0 aliphatic carbocycles. The van der Waals surface area contributed by atoms with E-state index < -0.39 is 0 Å². The van der Waals surface area contributed by atoms with Crippen LogP contribution in [0.4, 0.5) is 0 Å². The zero-order chi connectivity index (χ0) is 14.5. The quantitative estimate of drug-likeness (QED) is 0.388. The van der Waals surface area contributed by atoms with Crippen molar-refractivity contribution in [2.45, 2.75) is 10.6 Å². The second-order valence-corrected chi connectivity index (χ2v) is 5.89. The lowest BCUT2D eigenvalue weighted by Crippen LogP contribution is -2.29. The predicted molar refractivity (Wildman–Crippen MR) is 84.1 cm³/mol. The summed E-state index contributed by atoms with van der Waals surface area (Å²) in [7, 11) is 0. The molecule has 0 fully saturated rings. The number of halogens is 2. The molecule has 2 aromatic rings. The number of nitrogens with two attached hydrogens (primary N) is 1. The van der Waals surface area contributed by atoms with Gasteiger partial charge in [-0.1, -0.05) is 35.3 Å². The van der Waals surface area contributed by atoms with E-state index in [2.05, 4.69) is 5.43 Å². The second-order valence-electron chi connectivity index (χ2n) is 4.03. The summed E-state index contributed by atoms with van der Waals surface area (Å²) in [6, 6.07) is 12.6. The molecule has 0 saturated carbocycles. The smallest absolute Gasteiger partial charge is 0.265 e. The van der Waals surface area contributed by atoms with Gasteiger partial charge in [0.25, 0.3) is 5.91 Å². The topological polar surface area (TPSA) is 55.1 Å². The van der Waals surface area contributed by atoms with Crippen molar-refractivity contribution in [1.29, 1.82) is 0 Å². The first kappa shape index (κ1) is 15.2. The molecule has 0 saturated heterocycles. The summed E-state index contributed by atoms with van der Waals surface area (Å²) in [6.45, 7) is 0. The largest absolute Gasteiger partial charge is 0.290 e. The maximum absolute atomic E-state index is 11.3. The molecule has 1 amide bonds. The first-order chi connectivity index (χ1) is 9.60. The highest BCUT2D eigenvalue weighted by Gasteiger charge is 2.05. The molecule has 0 aliphatic rings. The Morgan fingerprint density at radius 1 is 1.15 bits per heavy atom. The Morgan fingerprint density at radius 3 is 2.50 bits per heavy atom. The molecule has 0 aromatic heterocycles. The molecule has 0 unspecified atom stereocenters. The standard InChI is InChI=1S/C14H12Cl2N2OS/c15-11-5-6-12(16)13(7-11)20-8-9-1-3-10(4-2-9)14(19)18-17/h1-7H,8,17H2,(H,18,19). The number of rotatable bonds is 4. The summed E-state index contributed by atoms with van der Waals surface area (Å²) in [4.78, 5) is 12.2. The summed E-state index contributed by atoms with van der Waals surface area (Å²) in [5.74, 6) is 5.51. The number of hydrogen-bond donors (Lipinski definition) is 2. The van der Waals surface area contributed by atoms with E-state index in [9.17, 15) is 4.79 Å². The highest BCUT2D eigenvalue weighted by Crippen LogP contribution is 2.32. The minimum absolute atomic E-state index is 0.304. The summed E-state index contributed by atoms with van der Waals surface area (Å²) in [5.41, 5.74) is 3.71. The number of carbonyl (C=O) groups is 1. The Labute approximate surface area is 131 Å². The third-order valence-electron chi connectivity index (χ3n) is 2.63. The first-order valence-corrected chi connectivity index (χ1v) is 7.52. The van der Waals surface area contributed by atoms with Crippen molar-refractivity contribution in [2.75, 3.05) is 0 Å². The monoisotopic (exact) mass is 326 g/mol. The van der Waals surface area contributed by atoms with Crippen LogP contribution in [0.1, 0.15) is 15.9 Å². The zero-order valence-electron chi connectivity index (χ0n) is 10.4. The molecule has 0 heterocycles. The van der Waals surface area contributed by atoms with E-state index in [1.165, 1.54) is 0 Å². The van der Waals surface area contributed by atoms with E-state index >= 15 is 0 Å². The number of nitrogen functional groups attached to an aromatic ring is 1. The molecule has 3 nitrogen and oxygen atoms in total. The van der Waals surface area contributed by atoms with Crippen LogP contribution in [0.5, 0.6) is 0 Å². The van der Waals surface area contributed by atoms with Gasteiger partial charge in [0.1, 0.15) is 0 Å². The molecular formula is C14H12Cl2N2OS. The first-order valence-electron chi connectivity index (χ1n) is 5.78. The lowest BCUT2D eigenvalue weighted by molar-refractivity contribution is 0.0953. The van der Waals surface area contributed by atoms with E-state index in [-0.39, 0.29) is 5.91 Å². The van der Waals surface area contributed by atoms with Gasteiger partial charge in [-0.2, -0.15) is 0 Å². The van der Waals surface area contributed by atoms with E-state index in [4.69, 9.17) is 29.0 Å². The number of nitrogens with one attached hydrogen (secondary N) is 1. The van der Waals surface area contributed by atoms with E-state index in [1.807, 2.05) is 18.2 Å². The van der Waals surface area contributed by atoms with Crippen molar-refractivity contribution >= 4 is 40.9 Å². The Hall–Kier alpha value is -1.20. The molecule has 0 atom stereocenters. The summed E-state index contributed by atoms with van der Waals surface area (Å²) in [5, 5.41) is 1.34. The summed E-state index contributed by atoms with van der Waals surface area (Å²) >= 11 is 13.6. The van der Waals surface area contributed by atoms with E-state index in [0.717, 1.165) is 16.2 Å². The lowest BCUT2D eigenvalue weighted by Gasteiger charge is -2.06. The second kappa shape index (κ2) is 6.99. The molecule has 20 heavy (non-hydrogen) atoms. The van der Waals surface area contributed by atoms with Gasteiger partial charge in [0.2, 0.25) is 0 Å². The van der Waals surface area contributed by atoms with Crippen LogP contribution in [-0.2, 0) is 5.75 Å². The van der Waals surface area contributed by atoms with Gasteiger partial charge in [-0.3, -0.25) is 10.2 Å². The maximum Gasteiger partial charge on any atom is 0.265 e. The number of amides is 1. The van der Waals surface area contributed by atoms with Crippen molar-refractivity contribution < 1.29 is 4.79 Å². The maximum atomic E-state index is 11.3. The third-order valence-corrected chi connectivity index (χ3v) is 4.44. The van der Waals surface area contributed by atoms with Gasteiger partial charge in [-0.05, 0) is 35.9 Å². The molecule has 0 radical (unpaired) electrons. The number of thioether (sulfide) groups is 1. The number of carbonyl (C=O) groups excluding carboxylic acids is 1. The average Bonchev–Trinajstić information content (AvgIpc) is 2.48. The normalized spacial score (nSPS) is 10.3. The average molecular weight is 327 g/mol. The SMILES string of the molecule is NNC(=O)c1ccc(CSc2cc(Cl)ccc2Cl)cc1. The van der Waals surface area contributed by atoms with Gasteiger partial charge in [-0.15, -0.1) is 11.8 Å². The molecule has 0 spiro atoms. The predicted octanol–water partition coefficient (Wildman–Crippen LogP) is 3.89. The van der Waals surface area contributed by atoms with Crippen LogP contribution in [0.2, 0.25) is 10.0 Å². The molecule has 3 N–H and O–H groups in total. The fourth-order valence-electron chi connectivity index (χ4n) is 1.58. The Balaban J connectivity index is 2.04. The van der Waals surface area contributed by atoms with Crippen molar-refractivity contribution in [2.24, 2.45) is 5.84 Å². The molecule has 104 valence electrons. The zero-order valence-corrected chi connectivity index (χ0v) is 12.7. The van der Waals surface area contributed by atoms with Crippen LogP contribution >= 0.6 is 35.0 Å². The fraction of sp³-hybridized carbons (Fsp3) is 0.0714. The van der Waals surface area contributed by atoms with Gasteiger partial charge in [-0.25, -0.2) is 5.84 Å². The number of benzene rings is 2. The molecule has 2 rings (SSSR count). The van der Waals surface area contributed by atoms with Gasteiger partial charge >= 0.3 is 0 Å². The molecule has 2 aromatic carbocycles.